The molecule has 25 heavy (non-hydrogen) atoms. The molecule has 0 bridgehead atoms. The van der Waals surface area contributed by atoms with Gasteiger partial charge in [0.25, 0.3) is 10.0 Å². The summed E-state index contributed by atoms with van der Waals surface area (Å²) in [5.74, 6) is 0. The minimum atomic E-state index is -3.83. The molecular formula is C16H17ClN2O4S2. The zero-order valence-corrected chi connectivity index (χ0v) is 15.6. The van der Waals surface area contributed by atoms with Gasteiger partial charge in [-0.1, -0.05) is 17.7 Å². The lowest BCUT2D eigenvalue weighted by molar-refractivity contribution is 0.477. The number of hydrogen-bond donors (Lipinski definition) is 1. The molecule has 0 atom stereocenters. The van der Waals surface area contributed by atoms with E-state index in [1.165, 1.54) is 34.6 Å². The minimum absolute atomic E-state index is 0.0205. The minimum Gasteiger partial charge on any atom is -0.280 e. The van der Waals surface area contributed by atoms with Gasteiger partial charge in [-0.05, 0) is 55.3 Å². The van der Waals surface area contributed by atoms with Crippen LogP contribution in [0.4, 0.5) is 5.69 Å². The third-order valence-corrected chi connectivity index (χ3v) is 7.46. The molecule has 9 heteroatoms. The Morgan fingerprint density at radius 2 is 1.48 bits per heavy atom. The average Bonchev–Trinajstić information content (AvgIpc) is 3.10. The summed E-state index contributed by atoms with van der Waals surface area (Å²) in [6, 6.07) is 11.6. The molecule has 1 saturated heterocycles. The van der Waals surface area contributed by atoms with E-state index in [9.17, 15) is 16.8 Å². The maximum Gasteiger partial charge on any atom is 0.261 e. The summed E-state index contributed by atoms with van der Waals surface area (Å²) in [6.07, 6.45) is 1.69. The molecule has 134 valence electrons. The van der Waals surface area contributed by atoms with Crippen molar-refractivity contribution in [2.45, 2.75) is 22.6 Å². The first-order valence-corrected chi connectivity index (χ1v) is 11.0. The monoisotopic (exact) mass is 400 g/mol. The van der Waals surface area contributed by atoms with Crippen LogP contribution < -0.4 is 4.72 Å². The van der Waals surface area contributed by atoms with Crippen molar-refractivity contribution in [2.24, 2.45) is 0 Å². The van der Waals surface area contributed by atoms with E-state index in [1.807, 2.05) is 0 Å². The molecule has 0 spiro atoms. The third-order valence-electron chi connectivity index (χ3n) is 3.91. The van der Waals surface area contributed by atoms with E-state index < -0.39 is 20.0 Å². The molecule has 3 rings (SSSR count). The predicted molar refractivity (Wildman–Crippen MR) is 96.7 cm³/mol. The standard InChI is InChI=1S/C16H17ClN2O4S2/c17-13-4-3-5-14(12-13)18-24(20,21)15-6-8-16(9-7-15)25(22,23)19-10-1-2-11-19/h3-9,12,18H,1-2,10-11H2. The number of nitrogens with one attached hydrogen (secondary N) is 1. The van der Waals surface area contributed by atoms with E-state index >= 15 is 0 Å². The van der Waals surface area contributed by atoms with Gasteiger partial charge in [0.05, 0.1) is 15.5 Å². The average molecular weight is 401 g/mol. The smallest absolute Gasteiger partial charge is 0.261 e. The van der Waals surface area contributed by atoms with Crippen LogP contribution in [0.2, 0.25) is 5.02 Å². The quantitative estimate of drug-likeness (QED) is 0.836. The molecule has 0 unspecified atom stereocenters. The van der Waals surface area contributed by atoms with Crippen LogP contribution >= 0.6 is 11.6 Å². The van der Waals surface area contributed by atoms with Gasteiger partial charge in [-0.3, -0.25) is 4.72 Å². The fourth-order valence-electron chi connectivity index (χ4n) is 2.63. The van der Waals surface area contributed by atoms with Crippen LogP contribution in [0.25, 0.3) is 0 Å². The molecule has 0 amide bonds. The largest absolute Gasteiger partial charge is 0.280 e. The first-order chi connectivity index (χ1) is 11.8. The summed E-state index contributed by atoms with van der Waals surface area (Å²) in [4.78, 5) is 0.0731. The number of anilines is 1. The number of sulfonamides is 2. The SMILES string of the molecule is O=S(=O)(Nc1cccc(Cl)c1)c1ccc(S(=O)(=O)N2CCCC2)cc1. The maximum absolute atomic E-state index is 12.5. The highest BCUT2D eigenvalue weighted by molar-refractivity contribution is 7.92. The Bertz CT molecular complexity index is 967. The summed E-state index contributed by atoms with van der Waals surface area (Å²) < 4.78 is 53.6. The number of nitrogens with zero attached hydrogens (tertiary/aromatic N) is 1. The Labute approximate surface area is 152 Å². The van der Waals surface area contributed by atoms with Crippen molar-refractivity contribution >= 4 is 37.3 Å². The molecule has 1 N–H and O–H groups in total. The molecule has 0 saturated carbocycles. The number of hydrogen-bond acceptors (Lipinski definition) is 4. The van der Waals surface area contributed by atoms with Crippen molar-refractivity contribution in [3.8, 4) is 0 Å². The van der Waals surface area contributed by atoms with Crippen molar-refractivity contribution in [1.29, 1.82) is 0 Å². The number of halogens is 1. The lowest BCUT2D eigenvalue weighted by atomic mass is 10.3. The summed E-state index contributed by atoms with van der Waals surface area (Å²) in [5.41, 5.74) is 0.335. The highest BCUT2D eigenvalue weighted by Gasteiger charge is 2.27. The van der Waals surface area contributed by atoms with Crippen molar-refractivity contribution in [1.82, 2.24) is 4.31 Å². The lowest BCUT2D eigenvalue weighted by Gasteiger charge is -2.15. The fraction of sp³-hybridized carbons (Fsp3) is 0.250. The fourth-order valence-corrected chi connectivity index (χ4v) is 5.39. The molecule has 0 aromatic heterocycles. The third kappa shape index (κ3) is 3.98. The molecule has 1 heterocycles. The van der Waals surface area contributed by atoms with E-state index in [0.29, 0.717) is 23.8 Å². The Morgan fingerprint density at radius 1 is 0.880 bits per heavy atom. The van der Waals surface area contributed by atoms with Crippen LogP contribution in [-0.2, 0) is 20.0 Å². The maximum atomic E-state index is 12.5. The Kier molecular flexibility index (Phi) is 5.06. The molecular weight excluding hydrogens is 384 g/mol. The summed E-state index contributed by atoms with van der Waals surface area (Å²) in [5, 5.41) is 0.409. The predicted octanol–water partition coefficient (Wildman–Crippen LogP) is 2.93. The molecule has 1 aliphatic rings. The van der Waals surface area contributed by atoms with Crippen LogP contribution in [0.15, 0.2) is 58.3 Å². The summed E-state index contributed by atoms with van der Waals surface area (Å²) >= 11 is 5.85. The highest BCUT2D eigenvalue weighted by atomic mass is 35.5. The second kappa shape index (κ2) is 6.95. The lowest BCUT2D eigenvalue weighted by Crippen LogP contribution is -2.27. The Morgan fingerprint density at radius 3 is 2.08 bits per heavy atom. The van der Waals surface area contributed by atoms with E-state index in [1.54, 1.807) is 18.2 Å². The summed E-state index contributed by atoms with van der Waals surface area (Å²) in [7, 11) is -7.39. The second-order valence-electron chi connectivity index (χ2n) is 5.70. The zero-order chi connectivity index (χ0) is 18.1. The highest BCUT2D eigenvalue weighted by Crippen LogP contribution is 2.24. The van der Waals surface area contributed by atoms with Crippen LogP contribution in [0.5, 0.6) is 0 Å². The van der Waals surface area contributed by atoms with Gasteiger partial charge >= 0.3 is 0 Å². The normalized spacial score (nSPS) is 16.0. The van der Waals surface area contributed by atoms with Gasteiger partial charge in [0, 0.05) is 18.1 Å². The zero-order valence-electron chi connectivity index (χ0n) is 13.2. The van der Waals surface area contributed by atoms with E-state index in [-0.39, 0.29) is 9.79 Å². The molecule has 1 fully saturated rings. The first kappa shape index (κ1) is 18.2. The van der Waals surface area contributed by atoms with Gasteiger partial charge in [0.15, 0.2) is 0 Å². The van der Waals surface area contributed by atoms with Crippen LogP contribution in [0, 0.1) is 0 Å². The number of rotatable bonds is 5. The van der Waals surface area contributed by atoms with E-state index in [2.05, 4.69) is 4.72 Å². The molecule has 2 aromatic rings. The first-order valence-electron chi connectivity index (χ1n) is 7.68. The van der Waals surface area contributed by atoms with Gasteiger partial charge in [-0.15, -0.1) is 0 Å². The van der Waals surface area contributed by atoms with Gasteiger partial charge in [0.2, 0.25) is 10.0 Å². The van der Waals surface area contributed by atoms with Crippen molar-refractivity contribution in [3.63, 3.8) is 0 Å². The Balaban J connectivity index is 1.84. The van der Waals surface area contributed by atoms with Gasteiger partial charge in [-0.25, -0.2) is 16.8 Å². The van der Waals surface area contributed by atoms with Gasteiger partial charge < -0.3 is 0 Å². The van der Waals surface area contributed by atoms with Crippen LogP contribution in [-0.4, -0.2) is 34.2 Å². The van der Waals surface area contributed by atoms with Gasteiger partial charge in [0.1, 0.15) is 0 Å². The molecule has 1 aliphatic heterocycles. The van der Waals surface area contributed by atoms with E-state index in [0.717, 1.165) is 12.8 Å². The number of benzene rings is 2. The second-order valence-corrected chi connectivity index (χ2v) is 9.76. The van der Waals surface area contributed by atoms with Crippen LogP contribution in [0.3, 0.4) is 0 Å². The Hall–Kier alpha value is -1.61. The van der Waals surface area contributed by atoms with Crippen LogP contribution in [0.1, 0.15) is 12.8 Å². The summed E-state index contributed by atoms with van der Waals surface area (Å²) in [6.45, 7) is 0.997. The van der Waals surface area contributed by atoms with Crippen molar-refractivity contribution in [2.75, 3.05) is 17.8 Å². The topological polar surface area (TPSA) is 83.5 Å². The molecule has 2 aromatic carbocycles. The van der Waals surface area contributed by atoms with Crippen molar-refractivity contribution in [3.05, 3.63) is 53.6 Å². The molecule has 0 aliphatic carbocycles. The molecule has 0 radical (unpaired) electrons. The molecule has 6 nitrogen and oxygen atoms in total. The van der Waals surface area contributed by atoms with Gasteiger partial charge in [-0.2, -0.15) is 4.31 Å². The van der Waals surface area contributed by atoms with Crippen molar-refractivity contribution < 1.29 is 16.8 Å². The van der Waals surface area contributed by atoms with E-state index in [4.69, 9.17) is 11.6 Å².